The predicted octanol–water partition coefficient (Wildman–Crippen LogP) is 3.23. The van der Waals surface area contributed by atoms with Gasteiger partial charge in [0.2, 0.25) is 5.91 Å². The Balaban J connectivity index is 2.58. The fraction of sp³-hybridized carbons (Fsp3) is 0.526. The number of carbonyl (C=O) groups excluding carboxylic acids is 3. The molecule has 1 aromatic carbocycles. The summed E-state index contributed by atoms with van der Waals surface area (Å²) < 4.78 is 4.91. The summed E-state index contributed by atoms with van der Waals surface area (Å²) in [6, 6.07) is 8.99. The number of hydrogen-bond acceptors (Lipinski definition) is 4. The number of amides is 1. The largest absolute Gasteiger partial charge is 0.466 e. The summed E-state index contributed by atoms with van der Waals surface area (Å²) in [6.07, 6.45) is 1.30. The molecule has 0 bridgehead atoms. The van der Waals surface area contributed by atoms with Gasteiger partial charge < -0.3 is 9.64 Å². The minimum Gasteiger partial charge on any atom is -0.466 e. The molecule has 1 aromatic rings. The lowest BCUT2D eigenvalue weighted by molar-refractivity contribution is -0.144. The standard InChI is InChI=1S/C19H27NO4/c1-4-15(3)20(14-13-19(23)24-5-2)18(22)12-11-17(21)16-9-7-6-8-10-16/h6-10,15H,4-5,11-14H2,1-3H3. The molecule has 0 saturated carbocycles. The number of hydrogen-bond donors (Lipinski definition) is 0. The lowest BCUT2D eigenvalue weighted by Gasteiger charge is -2.28. The Morgan fingerprint density at radius 1 is 1.04 bits per heavy atom. The lowest BCUT2D eigenvalue weighted by Crippen LogP contribution is -2.40. The smallest absolute Gasteiger partial charge is 0.307 e. The minimum atomic E-state index is -0.307. The van der Waals surface area contributed by atoms with Gasteiger partial charge >= 0.3 is 5.97 Å². The third-order valence-corrected chi connectivity index (χ3v) is 3.97. The van der Waals surface area contributed by atoms with Gasteiger partial charge in [0, 0.05) is 31.0 Å². The van der Waals surface area contributed by atoms with Crippen molar-refractivity contribution in [3.63, 3.8) is 0 Å². The molecule has 0 aromatic heterocycles. The topological polar surface area (TPSA) is 63.7 Å². The van der Waals surface area contributed by atoms with Crippen molar-refractivity contribution < 1.29 is 19.1 Å². The highest BCUT2D eigenvalue weighted by Crippen LogP contribution is 2.11. The zero-order valence-corrected chi connectivity index (χ0v) is 14.8. The van der Waals surface area contributed by atoms with Crippen LogP contribution in [0.15, 0.2) is 30.3 Å². The van der Waals surface area contributed by atoms with E-state index in [1.54, 1.807) is 36.1 Å². The van der Waals surface area contributed by atoms with Gasteiger partial charge in [-0.2, -0.15) is 0 Å². The number of benzene rings is 1. The summed E-state index contributed by atoms with van der Waals surface area (Å²) in [5.41, 5.74) is 0.618. The summed E-state index contributed by atoms with van der Waals surface area (Å²) in [5.74, 6) is -0.449. The number of ether oxygens (including phenoxy) is 1. The molecule has 1 atom stereocenters. The van der Waals surface area contributed by atoms with Gasteiger partial charge in [-0.25, -0.2) is 0 Å². The average Bonchev–Trinajstić information content (AvgIpc) is 2.60. The van der Waals surface area contributed by atoms with Crippen molar-refractivity contribution in [2.45, 2.75) is 52.5 Å². The Labute approximate surface area is 144 Å². The van der Waals surface area contributed by atoms with Crippen molar-refractivity contribution in [3.05, 3.63) is 35.9 Å². The van der Waals surface area contributed by atoms with E-state index in [1.807, 2.05) is 19.9 Å². The summed E-state index contributed by atoms with van der Waals surface area (Å²) in [6.45, 7) is 6.35. The van der Waals surface area contributed by atoms with E-state index < -0.39 is 0 Å². The maximum atomic E-state index is 12.5. The van der Waals surface area contributed by atoms with Crippen molar-refractivity contribution in [1.29, 1.82) is 0 Å². The van der Waals surface area contributed by atoms with Gasteiger partial charge in [-0.05, 0) is 20.3 Å². The van der Waals surface area contributed by atoms with Crippen LogP contribution in [-0.4, -0.2) is 41.8 Å². The quantitative estimate of drug-likeness (QED) is 0.487. The highest BCUT2D eigenvalue weighted by atomic mass is 16.5. The monoisotopic (exact) mass is 333 g/mol. The second-order valence-corrected chi connectivity index (χ2v) is 5.69. The summed E-state index contributed by atoms with van der Waals surface area (Å²) in [7, 11) is 0. The Hall–Kier alpha value is -2.17. The van der Waals surface area contributed by atoms with Gasteiger partial charge in [0.05, 0.1) is 13.0 Å². The lowest BCUT2D eigenvalue weighted by atomic mass is 10.1. The van der Waals surface area contributed by atoms with Gasteiger partial charge in [-0.15, -0.1) is 0 Å². The first-order valence-electron chi connectivity index (χ1n) is 8.52. The van der Waals surface area contributed by atoms with Crippen LogP contribution in [0.3, 0.4) is 0 Å². The van der Waals surface area contributed by atoms with Crippen molar-refractivity contribution >= 4 is 17.7 Å². The first-order chi connectivity index (χ1) is 11.5. The molecular formula is C19H27NO4. The number of nitrogens with zero attached hydrogens (tertiary/aromatic N) is 1. The second-order valence-electron chi connectivity index (χ2n) is 5.69. The highest BCUT2D eigenvalue weighted by molar-refractivity contribution is 5.97. The van der Waals surface area contributed by atoms with Crippen molar-refractivity contribution in [2.75, 3.05) is 13.2 Å². The first-order valence-corrected chi connectivity index (χ1v) is 8.52. The molecule has 1 unspecified atom stereocenters. The van der Waals surface area contributed by atoms with E-state index in [9.17, 15) is 14.4 Å². The number of esters is 1. The Morgan fingerprint density at radius 3 is 2.29 bits per heavy atom. The van der Waals surface area contributed by atoms with E-state index in [0.717, 1.165) is 6.42 Å². The number of carbonyl (C=O) groups is 3. The van der Waals surface area contributed by atoms with E-state index in [4.69, 9.17) is 4.74 Å². The van der Waals surface area contributed by atoms with Crippen LogP contribution in [0.5, 0.6) is 0 Å². The van der Waals surface area contributed by atoms with Crippen molar-refractivity contribution in [1.82, 2.24) is 4.90 Å². The van der Waals surface area contributed by atoms with Crippen molar-refractivity contribution in [2.24, 2.45) is 0 Å². The molecule has 0 radical (unpaired) electrons. The van der Waals surface area contributed by atoms with Gasteiger partial charge in [0.25, 0.3) is 0 Å². The van der Waals surface area contributed by atoms with Gasteiger partial charge in [-0.3, -0.25) is 14.4 Å². The van der Waals surface area contributed by atoms with E-state index in [-0.39, 0.29) is 43.0 Å². The van der Waals surface area contributed by atoms with Gasteiger partial charge in [0.15, 0.2) is 5.78 Å². The molecule has 1 amide bonds. The zero-order valence-electron chi connectivity index (χ0n) is 14.8. The van der Waals surface area contributed by atoms with Crippen LogP contribution in [0.1, 0.15) is 56.8 Å². The first kappa shape index (κ1) is 19.9. The Kier molecular flexibility index (Phi) is 8.76. The van der Waals surface area contributed by atoms with Crippen molar-refractivity contribution in [3.8, 4) is 0 Å². The summed E-state index contributed by atoms with van der Waals surface area (Å²) >= 11 is 0. The molecule has 0 heterocycles. The SMILES string of the molecule is CCOC(=O)CCN(C(=O)CCC(=O)c1ccccc1)C(C)CC. The Bertz CT molecular complexity index is 542. The molecule has 5 nitrogen and oxygen atoms in total. The molecule has 0 aliphatic carbocycles. The zero-order chi connectivity index (χ0) is 17.9. The van der Waals surface area contributed by atoms with Crippen LogP contribution in [0.4, 0.5) is 0 Å². The molecule has 0 aliphatic rings. The molecule has 0 spiro atoms. The maximum absolute atomic E-state index is 12.5. The van der Waals surface area contributed by atoms with Crippen LogP contribution >= 0.6 is 0 Å². The third-order valence-electron chi connectivity index (χ3n) is 3.97. The van der Waals surface area contributed by atoms with E-state index in [1.165, 1.54) is 0 Å². The molecule has 0 saturated heterocycles. The Morgan fingerprint density at radius 2 is 1.71 bits per heavy atom. The third kappa shape index (κ3) is 6.52. The molecule has 132 valence electrons. The van der Waals surface area contributed by atoms with Crippen LogP contribution in [0.25, 0.3) is 0 Å². The second kappa shape index (κ2) is 10.6. The molecule has 0 aliphatic heterocycles. The van der Waals surface area contributed by atoms with E-state index in [0.29, 0.717) is 18.7 Å². The van der Waals surface area contributed by atoms with Crippen LogP contribution in [0.2, 0.25) is 0 Å². The molecular weight excluding hydrogens is 306 g/mol. The molecule has 1 rings (SSSR count). The molecule has 0 N–H and O–H groups in total. The molecule has 0 fully saturated rings. The maximum Gasteiger partial charge on any atom is 0.307 e. The number of rotatable bonds is 10. The highest BCUT2D eigenvalue weighted by Gasteiger charge is 2.21. The van der Waals surface area contributed by atoms with Crippen LogP contribution < -0.4 is 0 Å². The fourth-order valence-corrected chi connectivity index (χ4v) is 2.39. The van der Waals surface area contributed by atoms with Gasteiger partial charge in [-0.1, -0.05) is 37.3 Å². The normalized spacial score (nSPS) is 11.6. The summed E-state index contributed by atoms with van der Waals surface area (Å²) in [5, 5.41) is 0. The molecule has 5 heteroatoms. The van der Waals surface area contributed by atoms with E-state index >= 15 is 0 Å². The van der Waals surface area contributed by atoms with Crippen LogP contribution in [0, 0.1) is 0 Å². The average molecular weight is 333 g/mol. The molecule has 24 heavy (non-hydrogen) atoms. The summed E-state index contributed by atoms with van der Waals surface area (Å²) in [4.78, 5) is 37.8. The fourth-order valence-electron chi connectivity index (χ4n) is 2.39. The number of ketones is 1. The minimum absolute atomic E-state index is 0.0266. The predicted molar refractivity (Wildman–Crippen MR) is 92.7 cm³/mol. The van der Waals surface area contributed by atoms with Crippen LogP contribution in [-0.2, 0) is 14.3 Å². The number of Topliss-reactive ketones (excluding diaryl/α,β-unsaturated/α-hetero) is 1. The van der Waals surface area contributed by atoms with Gasteiger partial charge in [0.1, 0.15) is 0 Å². The van der Waals surface area contributed by atoms with E-state index in [2.05, 4.69) is 0 Å².